The second-order valence-electron chi connectivity index (χ2n) is 26.4. The van der Waals surface area contributed by atoms with Crippen LogP contribution in [0.15, 0.2) is 170 Å². The number of hydrogen-bond donors (Lipinski definition) is 0. The highest BCUT2D eigenvalue weighted by atomic mass is 16.5. The number of fused-ring (bicyclic) bond motifs is 4. The molecule has 1 aliphatic rings. The molecule has 2 aromatic heterocycles. The number of pyridine rings is 1. The minimum Gasteiger partial charge on any atom is -0.457 e. The topological polar surface area (TPSA) is 33.5 Å². The van der Waals surface area contributed by atoms with Gasteiger partial charge in [-0.25, -0.2) is 4.98 Å². The van der Waals surface area contributed by atoms with Crippen molar-refractivity contribution in [1.29, 1.82) is 0 Å². The Morgan fingerprint density at radius 3 is 1.41 bits per heavy atom. The molecule has 3 heterocycles. The Hall–Kier alpha value is -7.11. The van der Waals surface area contributed by atoms with Gasteiger partial charge >= 0.3 is 0 Å². The molecule has 0 N–H and O–H groups in total. The van der Waals surface area contributed by atoms with Gasteiger partial charge in [0.05, 0.1) is 22.4 Å². The summed E-state index contributed by atoms with van der Waals surface area (Å²) < 4.78 is 9.48. The normalized spacial score (nSPS) is 13.8. The van der Waals surface area contributed by atoms with Crippen molar-refractivity contribution in [2.24, 2.45) is 0 Å². The van der Waals surface area contributed by atoms with Crippen LogP contribution in [0.4, 0.5) is 22.7 Å². The van der Waals surface area contributed by atoms with Crippen LogP contribution in [-0.2, 0) is 32.5 Å². The van der Waals surface area contributed by atoms with Crippen LogP contribution in [0.25, 0.3) is 27.6 Å². The fourth-order valence-electron chi connectivity index (χ4n) is 10.9. The summed E-state index contributed by atoms with van der Waals surface area (Å²) in [7, 11) is 0. The number of hydrogen-bond acceptors (Lipinski definition) is 4. The Morgan fingerprint density at radius 2 is 0.840 bits per heavy atom. The van der Waals surface area contributed by atoms with Gasteiger partial charge in [0, 0.05) is 51.3 Å². The monoisotopic (exact) mass is 991 g/mol. The minimum atomic E-state index is -0.263. The lowest BCUT2D eigenvalue weighted by Gasteiger charge is -2.33. The molecule has 0 saturated carbocycles. The summed E-state index contributed by atoms with van der Waals surface area (Å²) in [5, 5.41) is 2.36. The van der Waals surface area contributed by atoms with Gasteiger partial charge in [0.15, 0.2) is 0 Å². The Bertz CT molecular complexity index is 3520. The zero-order valence-electron chi connectivity index (χ0n) is 47.6. The fraction of sp³-hybridized carbons (Fsp3) is 0.329. The van der Waals surface area contributed by atoms with E-state index in [1.165, 1.54) is 72.3 Å². The van der Waals surface area contributed by atoms with E-state index in [9.17, 15) is 0 Å². The average Bonchev–Trinajstić information content (AvgIpc) is 3.91. The van der Waals surface area contributed by atoms with E-state index in [1.54, 1.807) is 0 Å². The van der Waals surface area contributed by atoms with E-state index in [2.05, 4.69) is 289 Å². The third-order valence-corrected chi connectivity index (χ3v) is 16.1. The van der Waals surface area contributed by atoms with Crippen LogP contribution in [0.3, 0.4) is 0 Å². The van der Waals surface area contributed by atoms with Crippen molar-refractivity contribution in [1.82, 2.24) is 9.55 Å². The van der Waals surface area contributed by atoms with Crippen molar-refractivity contribution < 1.29 is 4.74 Å². The Morgan fingerprint density at radius 1 is 0.360 bits per heavy atom. The van der Waals surface area contributed by atoms with Gasteiger partial charge in [0.25, 0.3) is 0 Å². The Labute approximate surface area is 448 Å². The van der Waals surface area contributed by atoms with E-state index >= 15 is 0 Å². The molecule has 1 aliphatic heterocycles. The third kappa shape index (κ3) is 9.76. The van der Waals surface area contributed by atoms with Gasteiger partial charge in [-0.3, -0.25) is 4.57 Å². The molecule has 0 atom stereocenters. The van der Waals surface area contributed by atoms with Crippen molar-refractivity contribution >= 4 is 44.6 Å². The molecule has 0 saturated heterocycles. The molecule has 0 aliphatic carbocycles. The van der Waals surface area contributed by atoms with Crippen molar-refractivity contribution in [3.05, 3.63) is 214 Å². The van der Waals surface area contributed by atoms with Crippen LogP contribution in [0, 0.1) is 0 Å². The van der Waals surface area contributed by atoms with Gasteiger partial charge in [0.2, 0.25) is 0 Å². The van der Waals surface area contributed by atoms with Crippen molar-refractivity contribution in [3.63, 3.8) is 0 Å². The van der Waals surface area contributed by atoms with E-state index < -0.39 is 0 Å². The zero-order valence-corrected chi connectivity index (χ0v) is 47.6. The molecular formula is C70H78N4O. The summed E-state index contributed by atoms with van der Waals surface area (Å²) in [5.41, 5.74) is 16.2. The number of rotatable bonds is 9. The van der Waals surface area contributed by atoms with Gasteiger partial charge < -0.3 is 14.5 Å². The van der Waals surface area contributed by atoms with E-state index in [4.69, 9.17) is 9.72 Å². The molecular weight excluding hydrogens is 913 g/mol. The molecule has 9 aromatic rings. The van der Waals surface area contributed by atoms with Crippen LogP contribution in [0.2, 0.25) is 0 Å². The first-order chi connectivity index (χ1) is 35.2. The van der Waals surface area contributed by atoms with Gasteiger partial charge in [0.1, 0.15) is 24.0 Å². The largest absolute Gasteiger partial charge is 0.457 e. The Kier molecular flexibility index (Phi) is 12.6. The summed E-state index contributed by atoms with van der Waals surface area (Å²) >= 11 is 0. The highest BCUT2D eigenvalue weighted by Crippen LogP contribution is 2.50. The second-order valence-corrected chi connectivity index (χ2v) is 26.4. The molecule has 5 heteroatoms. The van der Waals surface area contributed by atoms with E-state index in [1.807, 2.05) is 6.20 Å². The predicted molar refractivity (Wildman–Crippen MR) is 319 cm³/mol. The number of aromatic nitrogens is 2. The maximum Gasteiger partial charge on any atom is 0.137 e. The highest BCUT2D eigenvalue weighted by molar-refractivity contribution is 6.09. The first-order valence-corrected chi connectivity index (χ1v) is 27.0. The van der Waals surface area contributed by atoms with E-state index in [0.29, 0.717) is 6.67 Å². The van der Waals surface area contributed by atoms with Crippen molar-refractivity contribution in [3.8, 4) is 17.3 Å². The summed E-state index contributed by atoms with van der Waals surface area (Å²) in [5.74, 6) is 2.47. The lowest BCUT2D eigenvalue weighted by molar-refractivity contribution is 0.479. The van der Waals surface area contributed by atoms with Crippen LogP contribution in [0.1, 0.15) is 155 Å². The molecule has 10 rings (SSSR count). The maximum atomic E-state index is 7.15. The lowest BCUT2D eigenvalue weighted by atomic mass is 9.73. The van der Waals surface area contributed by atoms with Crippen molar-refractivity contribution in [2.75, 3.05) is 16.5 Å². The van der Waals surface area contributed by atoms with E-state index in [-0.39, 0.29) is 32.5 Å². The number of ether oxygens (including phenoxy) is 1. The number of benzene rings is 7. The summed E-state index contributed by atoms with van der Waals surface area (Å²) in [6.07, 6.45) is 1.95. The SMILES string of the molecule is CC(C)(C)c1cc(Oc2ccc3c4ccc(C(C)(C)C)cc4n(-c4cc(C(C)(C)C)ccn4)c3c2)cc(N2CN(c3cc(C(C)(C)c4ccccc4)cc(C(C)(C)c4ccccc4)c3)c3cc(C(C)(C)C)ccc32)c1. The first kappa shape index (κ1) is 51.4. The standard InChI is InChI=1S/C70H78N4O/c1-65(2,3)48-27-30-58-59-31-29-56(44-62(59)74(61(58)40-48)64-42-50(33-34-71-64)67(7,8)9)75-57-39-51(68(10,11)12)36-55(43-57)72-45-73(63-41-49(66(4,5)6)28-32-60(63)72)54-37-52(69(13,14)46-23-19-17-20-24-46)35-53(38-54)70(15,16)47-25-21-18-22-26-47/h17-44H,45H2,1-16H3. The molecule has 0 spiro atoms. The zero-order chi connectivity index (χ0) is 53.6. The van der Waals surface area contributed by atoms with Crippen molar-refractivity contribution in [2.45, 2.75) is 143 Å². The van der Waals surface area contributed by atoms with Gasteiger partial charge in [-0.15, -0.1) is 0 Å². The van der Waals surface area contributed by atoms with Gasteiger partial charge in [-0.05, 0) is 133 Å². The van der Waals surface area contributed by atoms with E-state index in [0.717, 1.165) is 34.0 Å². The summed E-state index contributed by atoms with van der Waals surface area (Å²) in [6, 6.07) is 61.1. The number of nitrogens with zero attached hydrogens (tertiary/aromatic N) is 4. The number of anilines is 4. The minimum absolute atomic E-state index is 0.0203. The average molecular weight is 991 g/mol. The quantitative estimate of drug-likeness (QED) is 0.144. The molecule has 0 amide bonds. The van der Waals surface area contributed by atoms with Crippen LogP contribution >= 0.6 is 0 Å². The van der Waals surface area contributed by atoms with Crippen LogP contribution in [0.5, 0.6) is 11.5 Å². The highest BCUT2D eigenvalue weighted by Gasteiger charge is 2.35. The molecule has 384 valence electrons. The first-order valence-electron chi connectivity index (χ1n) is 27.0. The molecule has 5 nitrogen and oxygen atoms in total. The lowest BCUT2D eigenvalue weighted by Crippen LogP contribution is -2.27. The Balaban J connectivity index is 1.12. The maximum absolute atomic E-state index is 7.15. The summed E-state index contributed by atoms with van der Waals surface area (Å²) in [6.45, 7) is 37.5. The molecule has 0 fully saturated rings. The van der Waals surface area contributed by atoms with Gasteiger partial charge in [-0.1, -0.05) is 196 Å². The predicted octanol–water partition coefficient (Wildman–Crippen LogP) is 19.1. The molecule has 0 bridgehead atoms. The molecule has 7 aromatic carbocycles. The van der Waals surface area contributed by atoms with Crippen LogP contribution < -0.4 is 14.5 Å². The van der Waals surface area contributed by atoms with Gasteiger partial charge in [-0.2, -0.15) is 0 Å². The molecule has 0 radical (unpaired) electrons. The smallest absolute Gasteiger partial charge is 0.137 e. The third-order valence-electron chi connectivity index (χ3n) is 16.1. The fourth-order valence-corrected chi connectivity index (χ4v) is 10.9. The van der Waals surface area contributed by atoms with Crippen LogP contribution in [-0.4, -0.2) is 16.2 Å². The molecule has 75 heavy (non-hydrogen) atoms. The second kappa shape index (κ2) is 18.3. The summed E-state index contributed by atoms with van der Waals surface area (Å²) in [4.78, 5) is 10.1. The molecule has 0 unspecified atom stereocenters.